The fourth-order valence-electron chi connectivity index (χ4n) is 3.24. The van der Waals surface area contributed by atoms with Crippen LogP contribution in [0.15, 0.2) is 52.4 Å². The summed E-state index contributed by atoms with van der Waals surface area (Å²) in [5.74, 6) is -2.96. The van der Waals surface area contributed by atoms with Crippen molar-refractivity contribution in [3.8, 4) is 0 Å². The highest BCUT2D eigenvalue weighted by Crippen LogP contribution is 2.35. The summed E-state index contributed by atoms with van der Waals surface area (Å²) in [4.78, 5) is 31.7. The molecule has 0 saturated carbocycles. The molecule has 1 aliphatic heterocycles. The molecule has 1 aromatic heterocycles. The van der Waals surface area contributed by atoms with Gasteiger partial charge in [-0.05, 0) is 29.3 Å². The Hall–Kier alpha value is -3.07. The first-order valence-electron chi connectivity index (χ1n) is 8.67. The van der Waals surface area contributed by atoms with Gasteiger partial charge in [0.05, 0.1) is 5.56 Å². The molecule has 2 aromatic carbocycles. The topological polar surface area (TPSA) is 74.8 Å². The van der Waals surface area contributed by atoms with E-state index in [2.05, 4.69) is 15.3 Å². The molecule has 1 atom stereocenters. The fourth-order valence-corrected chi connectivity index (χ4v) is 4.09. The van der Waals surface area contributed by atoms with Gasteiger partial charge in [0.1, 0.15) is 23.3 Å². The molecule has 5 nitrogen and oxygen atoms in total. The number of halogens is 3. The highest BCUT2D eigenvalue weighted by Gasteiger charge is 2.31. The monoisotopic (exact) mass is 417 g/mol. The van der Waals surface area contributed by atoms with E-state index >= 15 is 0 Å². The second kappa shape index (κ2) is 7.75. The minimum absolute atomic E-state index is 0.0377. The summed E-state index contributed by atoms with van der Waals surface area (Å²) in [6.45, 7) is 0. The standard InChI is InChI=1S/C20H14F3N3O2S/c21-12-5-11(6-13(22)7-12)14-8-16(27)24-18-17(14)19(28)26-20(25-18)29-9-10-3-1-2-4-15(10)23/h1-7,14H,8-9H2,(H2,24,25,26,27,28). The highest BCUT2D eigenvalue weighted by atomic mass is 32.2. The molecule has 0 radical (unpaired) electrons. The number of nitrogens with zero attached hydrogens (tertiary/aromatic N) is 1. The Bertz CT molecular complexity index is 1150. The first kappa shape index (κ1) is 19.3. The highest BCUT2D eigenvalue weighted by molar-refractivity contribution is 7.98. The molecule has 2 heterocycles. The largest absolute Gasteiger partial charge is 0.310 e. The smallest absolute Gasteiger partial charge is 0.257 e. The van der Waals surface area contributed by atoms with Crippen molar-refractivity contribution in [3.63, 3.8) is 0 Å². The Morgan fingerprint density at radius 2 is 1.79 bits per heavy atom. The van der Waals surface area contributed by atoms with E-state index < -0.39 is 29.0 Å². The van der Waals surface area contributed by atoms with E-state index in [1.165, 1.54) is 6.07 Å². The molecule has 0 bridgehead atoms. The van der Waals surface area contributed by atoms with Crippen LogP contribution in [0.25, 0.3) is 0 Å². The first-order valence-corrected chi connectivity index (χ1v) is 9.65. The predicted octanol–water partition coefficient (Wildman–Crippen LogP) is 3.95. The summed E-state index contributed by atoms with van der Waals surface area (Å²) < 4.78 is 41.1. The molecule has 0 saturated heterocycles. The van der Waals surface area contributed by atoms with Crippen molar-refractivity contribution in [3.05, 3.63) is 87.0 Å². The zero-order chi connectivity index (χ0) is 20.5. The Kier molecular flexibility index (Phi) is 5.14. The Balaban J connectivity index is 1.69. The van der Waals surface area contributed by atoms with Gasteiger partial charge in [0.15, 0.2) is 5.16 Å². The quantitative estimate of drug-likeness (QED) is 0.498. The number of rotatable bonds is 4. The van der Waals surface area contributed by atoms with E-state index in [-0.39, 0.29) is 40.1 Å². The van der Waals surface area contributed by atoms with Crippen molar-refractivity contribution >= 4 is 23.5 Å². The number of aromatic nitrogens is 2. The fraction of sp³-hybridized carbons (Fsp3) is 0.150. The Morgan fingerprint density at radius 1 is 1.07 bits per heavy atom. The predicted molar refractivity (Wildman–Crippen MR) is 102 cm³/mol. The number of aromatic amines is 1. The van der Waals surface area contributed by atoms with E-state index in [1.54, 1.807) is 18.2 Å². The third kappa shape index (κ3) is 4.04. The van der Waals surface area contributed by atoms with Crippen molar-refractivity contribution < 1.29 is 18.0 Å². The van der Waals surface area contributed by atoms with E-state index in [0.717, 1.165) is 30.0 Å². The third-order valence-corrected chi connectivity index (χ3v) is 5.46. The Morgan fingerprint density at radius 3 is 2.52 bits per heavy atom. The van der Waals surface area contributed by atoms with Crippen molar-refractivity contribution in [2.75, 3.05) is 5.32 Å². The summed E-state index contributed by atoms with van der Waals surface area (Å²) in [5.41, 5.74) is 0.221. The van der Waals surface area contributed by atoms with Gasteiger partial charge in [0.25, 0.3) is 5.56 Å². The van der Waals surface area contributed by atoms with Crippen molar-refractivity contribution in [1.82, 2.24) is 9.97 Å². The number of fused-ring (bicyclic) bond motifs is 1. The lowest BCUT2D eigenvalue weighted by Crippen LogP contribution is -2.31. The average molecular weight is 417 g/mol. The molecule has 0 spiro atoms. The van der Waals surface area contributed by atoms with Gasteiger partial charge in [0, 0.05) is 24.2 Å². The van der Waals surface area contributed by atoms with Crippen molar-refractivity contribution in [1.29, 1.82) is 0 Å². The molecule has 1 aliphatic rings. The van der Waals surface area contributed by atoms with Gasteiger partial charge in [-0.15, -0.1) is 0 Å². The third-order valence-electron chi connectivity index (χ3n) is 4.54. The minimum Gasteiger partial charge on any atom is -0.310 e. The summed E-state index contributed by atoms with van der Waals surface area (Å²) in [6, 6.07) is 9.14. The molecule has 29 heavy (non-hydrogen) atoms. The number of nitrogens with one attached hydrogen (secondary N) is 2. The first-order chi connectivity index (χ1) is 13.9. The molecule has 0 aliphatic carbocycles. The number of anilines is 1. The second-order valence-electron chi connectivity index (χ2n) is 6.52. The number of amides is 1. The van der Waals surface area contributed by atoms with Crippen LogP contribution in [-0.4, -0.2) is 15.9 Å². The van der Waals surface area contributed by atoms with Crippen LogP contribution in [0, 0.1) is 17.5 Å². The lowest BCUT2D eigenvalue weighted by Gasteiger charge is -2.24. The Labute approximate surface area is 167 Å². The van der Waals surface area contributed by atoms with E-state index in [4.69, 9.17) is 0 Å². The molecule has 4 rings (SSSR count). The van der Waals surface area contributed by atoms with Gasteiger partial charge < -0.3 is 10.3 Å². The number of carbonyl (C=O) groups excluding carboxylic acids is 1. The molecule has 9 heteroatoms. The normalized spacial score (nSPS) is 15.7. The lowest BCUT2D eigenvalue weighted by molar-refractivity contribution is -0.116. The number of hydrogen-bond donors (Lipinski definition) is 2. The molecule has 148 valence electrons. The van der Waals surface area contributed by atoms with Crippen LogP contribution >= 0.6 is 11.8 Å². The zero-order valence-corrected chi connectivity index (χ0v) is 15.7. The van der Waals surface area contributed by atoms with Crippen molar-refractivity contribution in [2.24, 2.45) is 0 Å². The number of thioether (sulfide) groups is 1. The van der Waals surface area contributed by atoms with Gasteiger partial charge in [-0.25, -0.2) is 18.2 Å². The molecule has 1 unspecified atom stereocenters. The van der Waals surface area contributed by atoms with Crippen LogP contribution in [0.2, 0.25) is 0 Å². The lowest BCUT2D eigenvalue weighted by atomic mass is 9.87. The molecular formula is C20H14F3N3O2S. The number of hydrogen-bond acceptors (Lipinski definition) is 4. The van der Waals surface area contributed by atoms with Gasteiger partial charge in [-0.3, -0.25) is 9.59 Å². The molecule has 3 aromatic rings. The van der Waals surface area contributed by atoms with Crippen LogP contribution in [0.4, 0.5) is 19.0 Å². The van der Waals surface area contributed by atoms with Gasteiger partial charge in [-0.1, -0.05) is 30.0 Å². The summed E-state index contributed by atoms with van der Waals surface area (Å²) >= 11 is 1.10. The average Bonchev–Trinajstić information content (AvgIpc) is 2.65. The van der Waals surface area contributed by atoms with Gasteiger partial charge >= 0.3 is 0 Å². The maximum atomic E-state index is 13.8. The van der Waals surface area contributed by atoms with Gasteiger partial charge in [0.2, 0.25) is 5.91 Å². The van der Waals surface area contributed by atoms with E-state index in [9.17, 15) is 22.8 Å². The second-order valence-corrected chi connectivity index (χ2v) is 7.49. The van der Waals surface area contributed by atoms with E-state index in [0.29, 0.717) is 5.56 Å². The SMILES string of the molecule is O=C1CC(c2cc(F)cc(F)c2)c2c(nc(SCc3ccccc3F)[nH]c2=O)N1. The van der Waals surface area contributed by atoms with Gasteiger partial charge in [-0.2, -0.15) is 0 Å². The van der Waals surface area contributed by atoms with Crippen LogP contribution in [0.3, 0.4) is 0 Å². The molecule has 1 amide bonds. The van der Waals surface area contributed by atoms with Crippen molar-refractivity contribution in [2.45, 2.75) is 23.2 Å². The maximum Gasteiger partial charge on any atom is 0.257 e. The van der Waals surface area contributed by atoms with Crippen LogP contribution in [0.1, 0.15) is 29.0 Å². The maximum absolute atomic E-state index is 13.8. The van der Waals surface area contributed by atoms with E-state index in [1.807, 2.05) is 0 Å². The molecular weight excluding hydrogens is 403 g/mol. The molecule has 0 fully saturated rings. The van der Waals surface area contributed by atoms with Crippen LogP contribution in [-0.2, 0) is 10.5 Å². The van der Waals surface area contributed by atoms with Crippen LogP contribution in [0.5, 0.6) is 0 Å². The minimum atomic E-state index is -0.828. The number of H-pyrrole nitrogens is 1. The number of benzene rings is 2. The molecule has 2 N–H and O–H groups in total. The number of carbonyl (C=O) groups is 1. The summed E-state index contributed by atoms with van der Waals surface area (Å²) in [6.07, 6.45) is -0.137. The summed E-state index contributed by atoms with van der Waals surface area (Å²) in [7, 11) is 0. The summed E-state index contributed by atoms with van der Waals surface area (Å²) in [5, 5.41) is 2.73. The van der Waals surface area contributed by atoms with Crippen LogP contribution < -0.4 is 10.9 Å². The zero-order valence-electron chi connectivity index (χ0n) is 14.8.